The summed E-state index contributed by atoms with van der Waals surface area (Å²) in [6, 6.07) is 20.5. The number of nitrogens with one attached hydrogen (secondary N) is 1. The minimum Gasteiger partial charge on any atom is -0.488 e. The Morgan fingerprint density at radius 2 is 1.85 bits per heavy atom. The van der Waals surface area contributed by atoms with E-state index in [1.54, 1.807) is 0 Å². The number of benzene rings is 3. The number of aromatic amines is 1. The third-order valence-corrected chi connectivity index (χ3v) is 4.97. The van der Waals surface area contributed by atoms with E-state index in [2.05, 4.69) is 59.0 Å². The van der Waals surface area contributed by atoms with Crippen LogP contribution in [0.15, 0.2) is 65.1 Å². The van der Waals surface area contributed by atoms with Crippen LogP contribution in [-0.4, -0.2) is 9.97 Å². The monoisotopic (exact) mass is 406 g/mol. The Balaban J connectivity index is 1.71. The van der Waals surface area contributed by atoms with Crippen LogP contribution in [0.1, 0.15) is 16.7 Å². The number of imidazole rings is 1. The zero-order valence-electron chi connectivity index (χ0n) is 14.7. The highest BCUT2D eigenvalue weighted by Crippen LogP contribution is 2.33. The molecule has 1 aromatic heterocycles. The molecule has 0 radical (unpaired) electrons. The second-order valence-corrected chi connectivity index (χ2v) is 7.38. The Kier molecular flexibility index (Phi) is 4.51. The molecule has 0 amide bonds. The van der Waals surface area contributed by atoms with Crippen LogP contribution in [0.25, 0.3) is 22.4 Å². The lowest BCUT2D eigenvalue weighted by atomic mass is 10.1. The van der Waals surface area contributed by atoms with Crippen molar-refractivity contribution in [2.24, 2.45) is 0 Å². The standard InChI is InChI=1S/C22H19BrN2O/c1-14-7-9-19-20(11-14)25-22(24-19)18-12-17(23)8-10-21(18)26-13-16-6-4-3-5-15(16)2/h3-12H,13H2,1-2H3,(H,24,25). The summed E-state index contributed by atoms with van der Waals surface area (Å²) in [7, 11) is 0. The highest BCUT2D eigenvalue weighted by molar-refractivity contribution is 9.10. The number of hydrogen-bond donors (Lipinski definition) is 1. The van der Waals surface area contributed by atoms with E-state index in [0.717, 1.165) is 32.6 Å². The molecule has 0 spiro atoms. The van der Waals surface area contributed by atoms with Crippen LogP contribution in [-0.2, 0) is 6.61 Å². The minimum absolute atomic E-state index is 0.528. The molecule has 0 saturated carbocycles. The molecule has 3 aromatic carbocycles. The molecule has 3 nitrogen and oxygen atoms in total. The topological polar surface area (TPSA) is 37.9 Å². The molecular formula is C22H19BrN2O. The van der Waals surface area contributed by atoms with E-state index in [-0.39, 0.29) is 0 Å². The van der Waals surface area contributed by atoms with Crippen LogP contribution < -0.4 is 4.74 Å². The van der Waals surface area contributed by atoms with Gasteiger partial charge in [-0.15, -0.1) is 0 Å². The molecule has 0 aliphatic carbocycles. The molecule has 0 aliphatic heterocycles. The third kappa shape index (κ3) is 3.37. The predicted octanol–water partition coefficient (Wildman–Crippen LogP) is 6.19. The SMILES string of the molecule is Cc1ccc2nc(-c3cc(Br)ccc3OCc3ccccc3C)[nH]c2c1. The van der Waals surface area contributed by atoms with Crippen LogP contribution >= 0.6 is 15.9 Å². The summed E-state index contributed by atoms with van der Waals surface area (Å²) in [5.41, 5.74) is 6.55. The van der Waals surface area contributed by atoms with E-state index < -0.39 is 0 Å². The predicted molar refractivity (Wildman–Crippen MR) is 109 cm³/mol. The number of aromatic nitrogens is 2. The van der Waals surface area contributed by atoms with Crippen molar-refractivity contribution >= 4 is 27.0 Å². The van der Waals surface area contributed by atoms with E-state index in [0.29, 0.717) is 6.61 Å². The van der Waals surface area contributed by atoms with Crippen molar-refractivity contribution in [3.63, 3.8) is 0 Å². The Morgan fingerprint density at radius 3 is 2.69 bits per heavy atom. The second-order valence-electron chi connectivity index (χ2n) is 6.46. The zero-order valence-corrected chi connectivity index (χ0v) is 16.3. The fourth-order valence-corrected chi connectivity index (χ4v) is 3.35. The average molecular weight is 407 g/mol. The van der Waals surface area contributed by atoms with Gasteiger partial charge in [-0.05, 0) is 60.9 Å². The van der Waals surface area contributed by atoms with Crippen molar-refractivity contribution in [3.8, 4) is 17.1 Å². The number of fused-ring (bicyclic) bond motifs is 1. The van der Waals surface area contributed by atoms with E-state index in [1.807, 2.05) is 36.4 Å². The average Bonchev–Trinajstić information content (AvgIpc) is 3.05. The van der Waals surface area contributed by atoms with Crippen molar-refractivity contribution in [2.75, 3.05) is 0 Å². The smallest absolute Gasteiger partial charge is 0.142 e. The molecule has 26 heavy (non-hydrogen) atoms. The maximum absolute atomic E-state index is 6.15. The maximum atomic E-state index is 6.15. The van der Waals surface area contributed by atoms with Gasteiger partial charge in [0.1, 0.15) is 18.2 Å². The first-order valence-corrected chi connectivity index (χ1v) is 9.33. The minimum atomic E-state index is 0.528. The van der Waals surface area contributed by atoms with Gasteiger partial charge in [-0.3, -0.25) is 0 Å². The molecule has 0 fully saturated rings. The summed E-state index contributed by atoms with van der Waals surface area (Å²) >= 11 is 3.56. The van der Waals surface area contributed by atoms with Gasteiger partial charge in [-0.2, -0.15) is 0 Å². The fourth-order valence-electron chi connectivity index (χ4n) is 2.99. The van der Waals surface area contributed by atoms with Gasteiger partial charge in [-0.25, -0.2) is 4.98 Å². The molecule has 4 aromatic rings. The number of halogens is 1. The van der Waals surface area contributed by atoms with Crippen molar-refractivity contribution < 1.29 is 4.74 Å². The fraction of sp³-hybridized carbons (Fsp3) is 0.136. The van der Waals surface area contributed by atoms with E-state index in [1.165, 1.54) is 16.7 Å². The molecule has 0 atom stereocenters. The summed E-state index contributed by atoms with van der Waals surface area (Å²) < 4.78 is 7.15. The van der Waals surface area contributed by atoms with Gasteiger partial charge in [0.05, 0.1) is 16.6 Å². The Labute approximate surface area is 161 Å². The number of hydrogen-bond acceptors (Lipinski definition) is 2. The molecule has 0 bridgehead atoms. The van der Waals surface area contributed by atoms with Gasteiger partial charge < -0.3 is 9.72 Å². The lowest BCUT2D eigenvalue weighted by Gasteiger charge is -2.12. The van der Waals surface area contributed by atoms with Crippen molar-refractivity contribution in [1.29, 1.82) is 0 Å². The Morgan fingerprint density at radius 1 is 1.00 bits per heavy atom. The molecule has 1 heterocycles. The normalized spacial score (nSPS) is 11.0. The maximum Gasteiger partial charge on any atom is 0.142 e. The molecule has 4 heteroatoms. The molecule has 4 rings (SSSR count). The largest absolute Gasteiger partial charge is 0.488 e. The molecule has 0 unspecified atom stereocenters. The van der Waals surface area contributed by atoms with Gasteiger partial charge in [0.15, 0.2) is 0 Å². The van der Waals surface area contributed by atoms with Crippen LogP contribution in [0.3, 0.4) is 0 Å². The molecule has 1 N–H and O–H groups in total. The van der Waals surface area contributed by atoms with E-state index >= 15 is 0 Å². The van der Waals surface area contributed by atoms with Crippen molar-refractivity contribution in [1.82, 2.24) is 9.97 Å². The summed E-state index contributed by atoms with van der Waals surface area (Å²) in [6.07, 6.45) is 0. The highest BCUT2D eigenvalue weighted by Gasteiger charge is 2.13. The van der Waals surface area contributed by atoms with E-state index in [4.69, 9.17) is 9.72 Å². The molecular weight excluding hydrogens is 388 g/mol. The van der Waals surface area contributed by atoms with Crippen molar-refractivity contribution in [2.45, 2.75) is 20.5 Å². The van der Waals surface area contributed by atoms with Crippen LogP contribution in [0.4, 0.5) is 0 Å². The summed E-state index contributed by atoms with van der Waals surface area (Å²) in [6.45, 7) is 4.71. The zero-order chi connectivity index (χ0) is 18.1. The van der Waals surface area contributed by atoms with Gasteiger partial charge in [0.25, 0.3) is 0 Å². The summed E-state index contributed by atoms with van der Waals surface area (Å²) in [4.78, 5) is 8.16. The van der Waals surface area contributed by atoms with Gasteiger partial charge in [0, 0.05) is 4.47 Å². The first-order chi connectivity index (χ1) is 12.6. The molecule has 0 saturated heterocycles. The van der Waals surface area contributed by atoms with Crippen LogP contribution in [0, 0.1) is 13.8 Å². The Hall–Kier alpha value is -2.59. The van der Waals surface area contributed by atoms with Gasteiger partial charge >= 0.3 is 0 Å². The number of rotatable bonds is 4. The quantitative estimate of drug-likeness (QED) is 0.438. The number of aryl methyl sites for hydroxylation is 2. The lowest BCUT2D eigenvalue weighted by Crippen LogP contribution is -1.99. The highest BCUT2D eigenvalue weighted by atomic mass is 79.9. The van der Waals surface area contributed by atoms with Gasteiger partial charge in [0.2, 0.25) is 0 Å². The number of H-pyrrole nitrogens is 1. The molecule has 130 valence electrons. The molecule has 0 aliphatic rings. The first-order valence-electron chi connectivity index (χ1n) is 8.54. The number of nitrogens with zero attached hydrogens (tertiary/aromatic N) is 1. The number of ether oxygens (including phenoxy) is 1. The Bertz CT molecular complexity index is 1080. The first kappa shape index (κ1) is 16.9. The van der Waals surface area contributed by atoms with Crippen molar-refractivity contribution in [3.05, 3.63) is 81.8 Å². The summed E-state index contributed by atoms with van der Waals surface area (Å²) in [5.74, 6) is 1.62. The third-order valence-electron chi connectivity index (χ3n) is 4.48. The van der Waals surface area contributed by atoms with Gasteiger partial charge in [-0.1, -0.05) is 46.3 Å². The van der Waals surface area contributed by atoms with Crippen LogP contribution in [0.2, 0.25) is 0 Å². The lowest BCUT2D eigenvalue weighted by molar-refractivity contribution is 0.306. The summed E-state index contributed by atoms with van der Waals surface area (Å²) in [5, 5.41) is 0. The van der Waals surface area contributed by atoms with E-state index in [9.17, 15) is 0 Å². The van der Waals surface area contributed by atoms with Crippen LogP contribution in [0.5, 0.6) is 5.75 Å². The second kappa shape index (κ2) is 6.96.